The number of amides is 2. The first-order valence-electron chi connectivity index (χ1n) is 22.1. The lowest BCUT2D eigenvalue weighted by Crippen LogP contribution is -2.48. The number of carbonyl (C=O) groups excluding carboxylic acids is 2. The smallest absolute Gasteiger partial charge is 0.253 e. The average molecular weight is 904 g/mol. The van der Waals surface area contributed by atoms with E-state index >= 15 is 0 Å². The molecule has 0 aliphatic carbocycles. The first kappa shape index (κ1) is 46.3. The average Bonchev–Trinajstić information content (AvgIpc) is 4.01. The van der Waals surface area contributed by atoms with Crippen LogP contribution < -0.4 is 11.5 Å². The van der Waals surface area contributed by atoms with Gasteiger partial charge in [-0.05, 0) is 99.2 Å². The van der Waals surface area contributed by atoms with Crippen LogP contribution in [0.3, 0.4) is 0 Å². The van der Waals surface area contributed by atoms with Gasteiger partial charge in [-0.2, -0.15) is 0 Å². The fraction of sp³-hybridized carbons (Fsp3) is 0.360. The van der Waals surface area contributed by atoms with Gasteiger partial charge in [0.25, 0.3) is 11.8 Å². The Morgan fingerprint density at radius 2 is 0.953 bits per heavy atom. The summed E-state index contributed by atoms with van der Waals surface area (Å²) >= 11 is 0. The number of aryl methyl sites for hydroxylation is 4. The molecule has 0 saturated carbocycles. The van der Waals surface area contributed by atoms with Crippen LogP contribution in [0.4, 0.5) is 0 Å². The van der Waals surface area contributed by atoms with Gasteiger partial charge in [0.2, 0.25) is 0 Å². The number of nitrogens with two attached hydrogens (primary N) is 2. The Hall–Kier alpha value is -5.66. The van der Waals surface area contributed by atoms with Crippen molar-refractivity contribution < 1.29 is 9.59 Å². The minimum absolute atomic E-state index is 0. The number of rotatable bonds is 6. The van der Waals surface area contributed by atoms with E-state index in [2.05, 4.69) is 107 Å². The summed E-state index contributed by atoms with van der Waals surface area (Å²) in [5.74, 6) is 2.75. The van der Waals surface area contributed by atoms with Crippen LogP contribution in [-0.2, 0) is 27.2 Å². The molecule has 10 rings (SSSR count). The molecule has 2 amide bonds. The maximum atomic E-state index is 13.1. The van der Waals surface area contributed by atoms with Gasteiger partial charge < -0.3 is 39.5 Å². The van der Waals surface area contributed by atoms with Crippen LogP contribution >= 0.6 is 24.8 Å². The second-order valence-corrected chi connectivity index (χ2v) is 17.7. The van der Waals surface area contributed by atoms with Gasteiger partial charge in [0.1, 0.15) is 0 Å². The van der Waals surface area contributed by atoms with E-state index in [1.165, 1.54) is 21.8 Å². The standard InChI is InChI=1S/2C25H29N5O.2ClH/c2*1-4-30-21-8-6-5-7-17(21)13-23(30)24-27-20-12-18(9-10-22(20)28(24)3)25(31)29-14-16(2)11-19(26)15-29;;/h2*5-10,12-13,16,19H,4,11,14-15,26H2,1-3H3;2*1H/t2*16-,19+;;/m10../s1. The molecule has 2 fully saturated rings. The van der Waals surface area contributed by atoms with Crippen molar-refractivity contribution >= 4 is 80.5 Å². The van der Waals surface area contributed by atoms with Gasteiger partial charge in [-0.3, -0.25) is 9.59 Å². The van der Waals surface area contributed by atoms with Gasteiger partial charge in [0.15, 0.2) is 11.6 Å². The second kappa shape index (κ2) is 18.8. The van der Waals surface area contributed by atoms with Gasteiger partial charge in [-0.25, -0.2) is 9.97 Å². The van der Waals surface area contributed by atoms with E-state index in [0.717, 1.165) is 84.1 Å². The van der Waals surface area contributed by atoms with Crippen LogP contribution in [-0.4, -0.2) is 88.1 Å². The fourth-order valence-electron chi connectivity index (χ4n) is 10.1. The molecule has 0 spiro atoms. The molecule has 0 unspecified atom stereocenters. The van der Waals surface area contributed by atoms with Crippen LogP contribution in [0.1, 0.15) is 61.3 Å². The van der Waals surface area contributed by atoms with E-state index < -0.39 is 0 Å². The highest BCUT2D eigenvalue weighted by molar-refractivity contribution is 5.99. The van der Waals surface area contributed by atoms with Crippen molar-refractivity contribution in [3.8, 4) is 23.0 Å². The Morgan fingerprint density at radius 3 is 1.33 bits per heavy atom. The molecule has 4 N–H and O–H groups in total. The van der Waals surface area contributed by atoms with Crippen LogP contribution in [0, 0.1) is 11.8 Å². The Morgan fingerprint density at radius 1 is 0.562 bits per heavy atom. The molecule has 6 heterocycles. The van der Waals surface area contributed by atoms with Gasteiger partial charge in [-0.1, -0.05) is 50.2 Å². The molecule has 4 aromatic carbocycles. The lowest BCUT2D eigenvalue weighted by molar-refractivity contribution is 0.0655. The van der Waals surface area contributed by atoms with Gasteiger partial charge in [0.05, 0.1) is 33.5 Å². The van der Waals surface area contributed by atoms with Crippen LogP contribution in [0.5, 0.6) is 0 Å². The van der Waals surface area contributed by atoms with Crippen LogP contribution in [0.25, 0.3) is 66.9 Å². The maximum absolute atomic E-state index is 13.1. The Bertz CT molecular complexity index is 2760. The number of halogens is 2. The number of likely N-dealkylation sites (tertiary alicyclic amines) is 2. The third-order valence-electron chi connectivity index (χ3n) is 12.9. The molecule has 12 nitrogen and oxygen atoms in total. The molecule has 2 aliphatic heterocycles. The number of nitrogens with zero attached hydrogens (tertiary/aromatic N) is 8. The van der Waals surface area contributed by atoms with Gasteiger partial charge >= 0.3 is 0 Å². The number of fused-ring (bicyclic) bond motifs is 4. The Kier molecular flexibility index (Phi) is 13.6. The minimum Gasteiger partial charge on any atom is -0.338 e. The SMILES string of the molecule is CCn1c(-c2nc3cc(C(=O)N4C[C@@H](C)C[C@@H](N)C4)ccc3n2C)cc2ccccc21.CCn1c(-c2nc3cc(C(=O)N4C[C@H](C)C[C@H](N)C4)ccc3n2C)cc2ccccc21.Cl.Cl. The van der Waals surface area contributed by atoms with E-state index in [4.69, 9.17) is 21.4 Å². The minimum atomic E-state index is 0. The van der Waals surface area contributed by atoms with E-state index in [0.29, 0.717) is 36.1 Å². The zero-order chi connectivity index (χ0) is 43.4. The number of hydrogen-bond donors (Lipinski definition) is 2. The van der Waals surface area contributed by atoms with Gasteiger partial charge in [-0.15, -0.1) is 24.8 Å². The van der Waals surface area contributed by atoms with Gasteiger partial charge in [0, 0.05) is 98.4 Å². The number of piperidine rings is 2. The predicted octanol–water partition coefficient (Wildman–Crippen LogP) is 8.89. The number of imidazole rings is 2. The third kappa shape index (κ3) is 8.52. The molecule has 0 radical (unpaired) electrons. The number of para-hydroxylation sites is 2. The summed E-state index contributed by atoms with van der Waals surface area (Å²) in [7, 11) is 4.07. The Balaban J connectivity index is 0.000000186. The number of aromatic nitrogens is 6. The third-order valence-corrected chi connectivity index (χ3v) is 12.9. The summed E-state index contributed by atoms with van der Waals surface area (Å²) in [6.07, 6.45) is 1.94. The topological polar surface area (TPSA) is 138 Å². The largest absolute Gasteiger partial charge is 0.338 e. The first-order chi connectivity index (χ1) is 29.9. The lowest BCUT2D eigenvalue weighted by atomic mass is 9.96. The monoisotopic (exact) mass is 902 g/mol. The van der Waals surface area contributed by atoms with Crippen molar-refractivity contribution in [2.45, 2.75) is 65.7 Å². The zero-order valence-electron chi connectivity index (χ0n) is 37.6. The molecule has 336 valence electrons. The van der Waals surface area contributed by atoms with Crippen molar-refractivity contribution in [2.24, 2.45) is 37.4 Å². The van der Waals surface area contributed by atoms with Crippen molar-refractivity contribution in [3.05, 3.63) is 108 Å². The highest BCUT2D eigenvalue weighted by Gasteiger charge is 2.29. The molecule has 4 atom stereocenters. The van der Waals surface area contributed by atoms with E-state index in [9.17, 15) is 9.59 Å². The summed E-state index contributed by atoms with van der Waals surface area (Å²) in [6.45, 7) is 13.1. The molecular formula is C50H60Cl2N10O2. The molecule has 8 aromatic rings. The highest BCUT2D eigenvalue weighted by Crippen LogP contribution is 2.32. The quantitative estimate of drug-likeness (QED) is 0.171. The highest BCUT2D eigenvalue weighted by atomic mass is 35.5. The summed E-state index contributed by atoms with van der Waals surface area (Å²) in [6, 6.07) is 33.0. The summed E-state index contributed by atoms with van der Waals surface area (Å²) < 4.78 is 8.81. The second-order valence-electron chi connectivity index (χ2n) is 17.7. The fourth-order valence-corrected chi connectivity index (χ4v) is 10.1. The molecular weight excluding hydrogens is 844 g/mol. The van der Waals surface area contributed by atoms with E-state index in [1.807, 2.05) is 60.3 Å². The zero-order valence-corrected chi connectivity index (χ0v) is 39.2. The summed E-state index contributed by atoms with van der Waals surface area (Å²) in [5, 5.41) is 2.41. The first-order valence-corrected chi connectivity index (χ1v) is 22.1. The van der Waals surface area contributed by atoms with E-state index in [1.54, 1.807) is 0 Å². The number of benzene rings is 4. The van der Waals surface area contributed by atoms with Crippen molar-refractivity contribution in [1.29, 1.82) is 0 Å². The van der Waals surface area contributed by atoms with Crippen LogP contribution in [0.15, 0.2) is 97.1 Å². The van der Waals surface area contributed by atoms with Crippen molar-refractivity contribution in [2.75, 3.05) is 26.2 Å². The Labute approximate surface area is 387 Å². The molecule has 2 aliphatic rings. The molecule has 2 saturated heterocycles. The lowest BCUT2D eigenvalue weighted by Gasteiger charge is -2.34. The molecule has 0 bridgehead atoms. The molecule has 4 aromatic heterocycles. The molecule has 64 heavy (non-hydrogen) atoms. The molecule has 14 heteroatoms. The summed E-state index contributed by atoms with van der Waals surface area (Å²) in [4.78, 5) is 40.0. The van der Waals surface area contributed by atoms with Crippen molar-refractivity contribution in [3.63, 3.8) is 0 Å². The van der Waals surface area contributed by atoms with Crippen molar-refractivity contribution in [1.82, 2.24) is 38.0 Å². The van der Waals surface area contributed by atoms with E-state index in [-0.39, 0.29) is 48.7 Å². The maximum Gasteiger partial charge on any atom is 0.253 e. The number of carbonyl (C=O) groups is 2. The number of hydrogen-bond acceptors (Lipinski definition) is 6. The summed E-state index contributed by atoms with van der Waals surface area (Å²) in [5.41, 5.74) is 22.0. The van der Waals surface area contributed by atoms with Crippen LogP contribution in [0.2, 0.25) is 0 Å². The normalized spacial score (nSPS) is 18.8. The predicted molar refractivity (Wildman–Crippen MR) is 264 cm³/mol.